The molecule has 94 valence electrons. The van der Waals surface area contributed by atoms with Crippen molar-refractivity contribution in [3.8, 4) is 0 Å². The summed E-state index contributed by atoms with van der Waals surface area (Å²) >= 11 is 0. The van der Waals surface area contributed by atoms with Gasteiger partial charge in [-0.1, -0.05) is 13.0 Å². The Morgan fingerprint density at radius 3 is 2.88 bits per heavy atom. The van der Waals surface area contributed by atoms with E-state index in [2.05, 4.69) is 35.1 Å². The Morgan fingerprint density at radius 1 is 1.41 bits per heavy atom. The molecule has 1 aromatic rings. The molecule has 1 fully saturated rings. The SMILES string of the molecule is CCN(CCNCc1cncc(C)c1)C1CC1. The van der Waals surface area contributed by atoms with Crippen LogP contribution in [-0.4, -0.2) is 35.6 Å². The van der Waals surface area contributed by atoms with Crippen LogP contribution >= 0.6 is 0 Å². The van der Waals surface area contributed by atoms with Crippen molar-refractivity contribution in [3.05, 3.63) is 29.6 Å². The van der Waals surface area contributed by atoms with Gasteiger partial charge in [-0.15, -0.1) is 0 Å². The van der Waals surface area contributed by atoms with Crippen molar-refractivity contribution in [1.82, 2.24) is 15.2 Å². The van der Waals surface area contributed by atoms with Crippen molar-refractivity contribution in [2.45, 2.75) is 39.3 Å². The van der Waals surface area contributed by atoms with Gasteiger partial charge in [0.05, 0.1) is 0 Å². The van der Waals surface area contributed by atoms with Crippen LogP contribution in [0, 0.1) is 6.92 Å². The van der Waals surface area contributed by atoms with Gasteiger partial charge in [0, 0.05) is 38.1 Å². The lowest BCUT2D eigenvalue weighted by Gasteiger charge is -2.19. The van der Waals surface area contributed by atoms with Crippen molar-refractivity contribution >= 4 is 0 Å². The van der Waals surface area contributed by atoms with Crippen molar-refractivity contribution in [2.24, 2.45) is 0 Å². The van der Waals surface area contributed by atoms with Gasteiger partial charge >= 0.3 is 0 Å². The highest BCUT2D eigenvalue weighted by molar-refractivity contribution is 5.16. The molecule has 0 unspecified atom stereocenters. The maximum absolute atomic E-state index is 4.20. The molecule has 0 bridgehead atoms. The molecule has 1 saturated carbocycles. The topological polar surface area (TPSA) is 28.2 Å². The van der Waals surface area contributed by atoms with Gasteiger partial charge in [-0.05, 0) is 37.4 Å². The molecule has 1 aliphatic carbocycles. The van der Waals surface area contributed by atoms with Gasteiger partial charge in [0.25, 0.3) is 0 Å². The smallest absolute Gasteiger partial charge is 0.0313 e. The molecule has 0 spiro atoms. The Balaban J connectivity index is 1.65. The molecule has 1 aliphatic rings. The van der Waals surface area contributed by atoms with Crippen LogP contribution in [0.1, 0.15) is 30.9 Å². The summed E-state index contributed by atoms with van der Waals surface area (Å²) in [5.41, 5.74) is 2.51. The van der Waals surface area contributed by atoms with E-state index >= 15 is 0 Å². The monoisotopic (exact) mass is 233 g/mol. The molecule has 0 saturated heterocycles. The highest BCUT2D eigenvalue weighted by Gasteiger charge is 2.26. The number of aromatic nitrogens is 1. The van der Waals surface area contributed by atoms with Gasteiger partial charge < -0.3 is 5.32 Å². The summed E-state index contributed by atoms with van der Waals surface area (Å²) in [5, 5.41) is 3.49. The lowest BCUT2D eigenvalue weighted by Crippen LogP contribution is -2.33. The van der Waals surface area contributed by atoms with Crippen molar-refractivity contribution < 1.29 is 0 Å². The molecule has 2 rings (SSSR count). The lowest BCUT2D eigenvalue weighted by molar-refractivity contribution is 0.277. The minimum atomic E-state index is 0.877. The van der Waals surface area contributed by atoms with Crippen LogP contribution in [-0.2, 0) is 6.54 Å². The second-order valence-corrected chi connectivity index (χ2v) is 4.91. The summed E-state index contributed by atoms with van der Waals surface area (Å²) in [4.78, 5) is 6.77. The van der Waals surface area contributed by atoms with E-state index in [0.717, 1.165) is 19.1 Å². The summed E-state index contributed by atoms with van der Waals surface area (Å²) in [5.74, 6) is 0. The first-order valence-corrected chi connectivity index (χ1v) is 6.65. The zero-order chi connectivity index (χ0) is 12.1. The lowest BCUT2D eigenvalue weighted by atomic mass is 10.2. The Hall–Kier alpha value is -0.930. The number of rotatable bonds is 7. The molecular formula is C14H23N3. The summed E-state index contributed by atoms with van der Waals surface area (Å²) in [6.45, 7) is 8.68. The van der Waals surface area contributed by atoms with E-state index in [1.807, 2.05) is 12.4 Å². The fourth-order valence-corrected chi connectivity index (χ4v) is 2.21. The number of nitrogens with one attached hydrogen (secondary N) is 1. The number of hydrogen-bond donors (Lipinski definition) is 1. The van der Waals surface area contributed by atoms with E-state index in [-0.39, 0.29) is 0 Å². The molecule has 1 N–H and O–H groups in total. The maximum atomic E-state index is 4.20. The third kappa shape index (κ3) is 4.10. The van der Waals surface area contributed by atoms with Crippen LogP contribution < -0.4 is 5.32 Å². The molecule has 0 aliphatic heterocycles. The average Bonchev–Trinajstić information content (AvgIpc) is 3.13. The van der Waals surface area contributed by atoms with E-state index in [1.54, 1.807) is 0 Å². The minimum absolute atomic E-state index is 0.877. The van der Waals surface area contributed by atoms with E-state index < -0.39 is 0 Å². The largest absolute Gasteiger partial charge is 0.311 e. The fourth-order valence-electron chi connectivity index (χ4n) is 2.21. The molecule has 1 heterocycles. The molecule has 3 nitrogen and oxygen atoms in total. The molecular weight excluding hydrogens is 210 g/mol. The molecule has 17 heavy (non-hydrogen) atoms. The minimum Gasteiger partial charge on any atom is -0.311 e. The second kappa shape index (κ2) is 6.12. The van der Waals surface area contributed by atoms with E-state index in [4.69, 9.17) is 0 Å². The molecule has 3 heteroatoms. The van der Waals surface area contributed by atoms with Crippen LogP contribution in [0.3, 0.4) is 0 Å². The van der Waals surface area contributed by atoms with Crippen LogP contribution in [0.15, 0.2) is 18.5 Å². The Morgan fingerprint density at radius 2 is 2.24 bits per heavy atom. The summed E-state index contributed by atoms with van der Waals surface area (Å²) in [7, 11) is 0. The number of hydrogen-bond acceptors (Lipinski definition) is 3. The number of likely N-dealkylation sites (N-methyl/N-ethyl adjacent to an activating group) is 1. The highest BCUT2D eigenvalue weighted by atomic mass is 15.2. The van der Waals surface area contributed by atoms with Gasteiger partial charge in [0.15, 0.2) is 0 Å². The molecule has 0 aromatic carbocycles. The fraction of sp³-hybridized carbons (Fsp3) is 0.643. The first kappa shape index (κ1) is 12.5. The number of aryl methyl sites for hydroxylation is 1. The standard InChI is InChI=1S/C14H23N3/c1-3-17(14-4-5-14)7-6-15-10-13-8-12(2)9-16-11-13/h8-9,11,14-15H,3-7,10H2,1-2H3. The molecule has 1 aromatic heterocycles. The normalized spacial score (nSPS) is 15.5. The van der Waals surface area contributed by atoms with Crippen molar-refractivity contribution in [1.29, 1.82) is 0 Å². The van der Waals surface area contributed by atoms with E-state index in [0.29, 0.717) is 0 Å². The third-order valence-corrected chi connectivity index (χ3v) is 3.31. The average molecular weight is 233 g/mol. The summed E-state index contributed by atoms with van der Waals surface area (Å²) in [6.07, 6.45) is 6.64. The second-order valence-electron chi connectivity index (χ2n) is 4.91. The number of nitrogens with zero attached hydrogens (tertiary/aromatic N) is 2. The predicted octanol–water partition coefficient (Wildman–Crippen LogP) is 1.96. The molecule has 0 atom stereocenters. The van der Waals surface area contributed by atoms with Crippen molar-refractivity contribution in [2.75, 3.05) is 19.6 Å². The van der Waals surface area contributed by atoms with Crippen molar-refractivity contribution in [3.63, 3.8) is 0 Å². The third-order valence-electron chi connectivity index (χ3n) is 3.31. The Kier molecular flexibility index (Phi) is 4.51. The Bertz CT molecular complexity index is 347. The zero-order valence-electron chi connectivity index (χ0n) is 10.9. The predicted molar refractivity (Wildman–Crippen MR) is 70.9 cm³/mol. The zero-order valence-corrected chi connectivity index (χ0v) is 10.9. The summed E-state index contributed by atoms with van der Waals surface area (Å²) in [6, 6.07) is 3.07. The summed E-state index contributed by atoms with van der Waals surface area (Å²) < 4.78 is 0. The van der Waals surface area contributed by atoms with Crippen LogP contribution in [0.5, 0.6) is 0 Å². The first-order chi connectivity index (χ1) is 8.29. The number of pyridine rings is 1. The molecule has 0 amide bonds. The van der Waals surface area contributed by atoms with Gasteiger partial charge in [0.1, 0.15) is 0 Å². The van der Waals surface area contributed by atoms with Crippen LogP contribution in [0.4, 0.5) is 0 Å². The van der Waals surface area contributed by atoms with Gasteiger partial charge in [-0.2, -0.15) is 0 Å². The highest BCUT2D eigenvalue weighted by Crippen LogP contribution is 2.25. The van der Waals surface area contributed by atoms with Crippen LogP contribution in [0.25, 0.3) is 0 Å². The maximum Gasteiger partial charge on any atom is 0.0313 e. The van der Waals surface area contributed by atoms with E-state index in [1.165, 1.54) is 37.1 Å². The van der Waals surface area contributed by atoms with Gasteiger partial charge in [-0.25, -0.2) is 0 Å². The quantitative estimate of drug-likeness (QED) is 0.730. The Labute approximate surface area is 104 Å². The van der Waals surface area contributed by atoms with Gasteiger partial charge in [-0.3, -0.25) is 9.88 Å². The van der Waals surface area contributed by atoms with E-state index in [9.17, 15) is 0 Å². The van der Waals surface area contributed by atoms with Crippen LogP contribution in [0.2, 0.25) is 0 Å². The molecule has 0 radical (unpaired) electrons. The first-order valence-electron chi connectivity index (χ1n) is 6.65. The van der Waals surface area contributed by atoms with Gasteiger partial charge in [0.2, 0.25) is 0 Å².